The predicted molar refractivity (Wildman–Crippen MR) is 207 cm³/mol. The quantitative estimate of drug-likeness (QED) is 0.144. The molecule has 302 valence electrons. The summed E-state index contributed by atoms with van der Waals surface area (Å²) in [4.78, 5) is 37.9. The van der Waals surface area contributed by atoms with Crippen molar-refractivity contribution in [3.63, 3.8) is 0 Å². The molecule has 3 fully saturated rings. The minimum Gasteiger partial charge on any atom is -0.397 e. The Morgan fingerprint density at radius 3 is 0.608 bits per heavy atom. The van der Waals surface area contributed by atoms with Gasteiger partial charge in [-0.05, 0) is 48.3 Å². The number of rotatable bonds is 14. The van der Waals surface area contributed by atoms with E-state index in [-0.39, 0.29) is 106 Å². The Bertz CT molecular complexity index is 923. The van der Waals surface area contributed by atoms with Crippen LogP contribution in [-0.2, 0) is 58.8 Å². The number of aliphatic hydroxyl groups excluding tert-OH is 1. The molecule has 3 rings (SSSR count). The van der Waals surface area contributed by atoms with Gasteiger partial charge in [0.2, 0.25) is 0 Å². The third kappa shape index (κ3) is 15.5. The summed E-state index contributed by atoms with van der Waals surface area (Å²) in [7, 11) is -29.1. The van der Waals surface area contributed by atoms with Crippen molar-refractivity contribution in [1.82, 2.24) is 0 Å². The van der Waals surface area contributed by atoms with Gasteiger partial charge in [-0.15, -0.1) is 0 Å². The van der Waals surface area contributed by atoms with Crippen LogP contribution < -0.4 is 0 Å². The van der Waals surface area contributed by atoms with E-state index < -0.39 is 61.6 Å². The number of hydrogen-bond donors (Lipinski definition) is 4. The number of aliphatic hydroxyl groups is 1. The molecule has 3 heterocycles. The second-order valence-corrected chi connectivity index (χ2v) is 37.2. The van der Waals surface area contributed by atoms with Crippen LogP contribution in [0.2, 0.25) is 42.3 Å². The van der Waals surface area contributed by atoms with Crippen LogP contribution >= 0.6 is 0 Å². The first-order valence-corrected chi connectivity index (χ1v) is 32.4. The maximum Gasteiger partial charge on any atom is 0.483 e. The molecule has 0 spiro atoms. The van der Waals surface area contributed by atoms with E-state index in [1.54, 1.807) is 6.92 Å². The van der Waals surface area contributed by atoms with Crippen LogP contribution in [0.5, 0.6) is 0 Å². The molecule has 0 aliphatic carbocycles. The van der Waals surface area contributed by atoms with Crippen LogP contribution in [0.1, 0.15) is 104 Å². The number of fused-ring (bicyclic) bond motifs is 3. The summed E-state index contributed by atoms with van der Waals surface area (Å²) in [6, 6.07) is 1.72. The zero-order valence-electron chi connectivity index (χ0n) is 34.2. The van der Waals surface area contributed by atoms with Crippen molar-refractivity contribution < 1.29 is 78.2 Å². The van der Waals surface area contributed by atoms with Gasteiger partial charge >= 0.3 is 61.6 Å². The first kappa shape index (κ1) is 50.7. The fourth-order valence-corrected chi connectivity index (χ4v) is 45.3. The monoisotopic (exact) mass is 884 g/mol. The Morgan fingerprint density at radius 1 is 0.333 bits per heavy atom. The first-order chi connectivity index (χ1) is 22.7. The van der Waals surface area contributed by atoms with Crippen molar-refractivity contribution in [2.45, 2.75) is 146 Å². The molecule has 21 heteroatoms. The molecule has 3 aliphatic heterocycles. The third-order valence-corrected chi connectivity index (χ3v) is 39.3. The van der Waals surface area contributed by atoms with Crippen LogP contribution in [0.3, 0.4) is 0 Å². The van der Waals surface area contributed by atoms with E-state index in [9.17, 15) is 14.4 Å². The first-order valence-electron chi connectivity index (χ1n) is 18.8. The molecule has 0 saturated carbocycles. The Morgan fingerprint density at radius 2 is 0.471 bits per heavy atom. The van der Waals surface area contributed by atoms with Gasteiger partial charge in [-0.1, -0.05) is 96.9 Å². The zero-order valence-corrected chi connectivity index (χ0v) is 42.7. The van der Waals surface area contributed by atoms with Gasteiger partial charge in [-0.25, -0.2) is 0 Å². The van der Waals surface area contributed by atoms with Crippen molar-refractivity contribution >= 4 is 61.6 Å². The maximum atomic E-state index is 12.6. The molecule has 0 amide bonds. The van der Waals surface area contributed by atoms with E-state index in [4.69, 9.17) is 42.1 Å². The molecule has 0 atom stereocenters. The topological polar surface area (TPSA) is 164 Å². The molecule has 51 heavy (non-hydrogen) atoms. The van der Waals surface area contributed by atoms with Crippen molar-refractivity contribution in [3.05, 3.63) is 0 Å². The van der Waals surface area contributed by atoms with Crippen molar-refractivity contribution in [2.75, 3.05) is 6.61 Å². The molecule has 3 saturated heterocycles. The summed E-state index contributed by atoms with van der Waals surface area (Å²) in [5, 5.41) is 7.57. The van der Waals surface area contributed by atoms with Crippen molar-refractivity contribution in [1.29, 1.82) is 0 Å². The second-order valence-electron chi connectivity index (χ2n) is 17.3. The molecule has 4 N–H and O–H groups in total. The fraction of sp³-hybridized carbons (Fsp3) is 1.00. The van der Waals surface area contributed by atoms with Gasteiger partial charge in [0.15, 0.2) is 0 Å². The van der Waals surface area contributed by atoms with E-state index in [2.05, 4.69) is 13.8 Å². The van der Waals surface area contributed by atoms with E-state index in [0.29, 0.717) is 6.04 Å². The summed E-state index contributed by atoms with van der Waals surface area (Å²) in [5.41, 5.74) is 0. The minimum atomic E-state index is -4.27. The summed E-state index contributed by atoms with van der Waals surface area (Å²) in [6.45, 7) is 30.1. The fourth-order valence-electron chi connectivity index (χ4n) is 6.78. The second kappa shape index (κ2) is 19.9. The zero-order chi connectivity index (χ0) is 38.6. The standard InChI is InChI=1S/C28H66O12Si7.C2H6O.Ti/c1-22(2)15-41(29)32-44(18-25(7)8)34-42(30,16-23(3)4)36-46(20-27(11)12)37-43(31,17-24(5)6)35-45(33-41,19-26(9)10)39-47(38-44,40-46)21-28(13)14;1-2-3;/h22-31H,15-21H2,1-14H3;3H,2H2,1H3;. The molecule has 0 unspecified atom stereocenters. The molecule has 13 nitrogen and oxygen atoms in total. The molecule has 3 aliphatic rings. The van der Waals surface area contributed by atoms with Gasteiger partial charge in [0.25, 0.3) is 0 Å². The van der Waals surface area contributed by atoms with Crippen LogP contribution in [0, 0.1) is 41.4 Å². The van der Waals surface area contributed by atoms with Gasteiger partial charge in [0.1, 0.15) is 0 Å². The largest absolute Gasteiger partial charge is 0.483 e. The number of hydrogen-bond acceptors (Lipinski definition) is 13. The van der Waals surface area contributed by atoms with Crippen molar-refractivity contribution in [3.8, 4) is 0 Å². The summed E-state index contributed by atoms with van der Waals surface area (Å²) in [5.74, 6) is -0.0634. The summed E-state index contributed by atoms with van der Waals surface area (Å²) < 4.78 is 63.5. The summed E-state index contributed by atoms with van der Waals surface area (Å²) in [6.07, 6.45) is 0. The van der Waals surface area contributed by atoms with Gasteiger partial charge in [-0.2, -0.15) is 0 Å². The molecular formula is C30H72O13Si7Ti. The average Bonchev–Trinajstić information content (AvgIpc) is 2.76. The van der Waals surface area contributed by atoms with Gasteiger partial charge in [-0.3, -0.25) is 0 Å². The van der Waals surface area contributed by atoms with Gasteiger partial charge in [0, 0.05) is 70.6 Å². The Hall–Kier alpha value is 1.71. The molecule has 0 aromatic heterocycles. The van der Waals surface area contributed by atoms with Gasteiger partial charge in [0.05, 0.1) is 0 Å². The maximum absolute atomic E-state index is 12.6. The Balaban J connectivity index is 0.00000313. The minimum absolute atomic E-state index is 0. The average molecular weight is 885 g/mol. The van der Waals surface area contributed by atoms with Crippen molar-refractivity contribution in [2.24, 2.45) is 41.4 Å². The van der Waals surface area contributed by atoms with Crippen LogP contribution in [0.25, 0.3) is 0 Å². The molecule has 0 aromatic rings. The van der Waals surface area contributed by atoms with E-state index in [0.717, 1.165) is 0 Å². The normalized spacial score (nSPS) is 37.3. The SMILES string of the molecule is CC(C)C[Si]1(O)O[Si]2(CC(C)C)O[Si](O)(CC(C)C)O[Si]3(CC(C)C)O[Si](O)(CC(C)C)O[Si](CC(C)C)(O1)O[Si](CC(C)C)(O2)O3.CCO.[Ti]. The smallest absolute Gasteiger partial charge is 0.397 e. The van der Waals surface area contributed by atoms with E-state index >= 15 is 0 Å². The third-order valence-electron chi connectivity index (χ3n) is 7.45. The molecular weight excluding hydrogens is 813 g/mol. The summed E-state index contributed by atoms with van der Waals surface area (Å²) >= 11 is 0. The molecule has 4 bridgehead atoms. The van der Waals surface area contributed by atoms with Crippen LogP contribution in [0.15, 0.2) is 0 Å². The Kier molecular flexibility index (Phi) is 19.8. The molecule has 0 radical (unpaired) electrons. The Labute approximate surface area is 332 Å². The van der Waals surface area contributed by atoms with E-state index in [1.807, 2.05) is 83.1 Å². The van der Waals surface area contributed by atoms with E-state index in [1.165, 1.54) is 0 Å². The van der Waals surface area contributed by atoms with Crippen LogP contribution in [-0.4, -0.2) is 87.7 Å². The van der Waals surface area contributed by atoms with Crippen LogP contribution in [0.4, 0.5) is 0 Å². The van der Waals surface area contributed by atoms with Gasteiger partial charge < -0.3 is 56.5 Å². The predicted octanol–water partition coefficient (Wildman–Crippen LogP) is 6.31. The molecule has 0 aromatic carbocycles.